The normalized spacial score (nSPS) is 17.1. The number of nitrogens with one attached hydrogen (secondary N) is 2. The molecule has 0 unspecified atom stereocenters. The van der Waals surface area contributed by atoms with Crippen molar-refractivity contribution in [1.82, 2.24) is 15.5 Å². The summed E-state index contributed by atoms with van der Waals surface area (Å²) in [6, 6.07) is 31.3. The van der Waals surface area contributed by atoms with Gasteiger partial charge in [0.2, 0.25) is 11.8 Å². The molecule has 2 amide bonds. The number of para-hydroxylation sites is 2. The van der Waals surface area contributed by atoms with Crippen LogP contribution in [0.3, 0.4) is 0 Å². The molecule has 10 nitrogen and oxygen atoms in total. The molecule has 0 radical (unpaired) electrons. The SMILES string of the molecule is Cc1nnc(SC[C@@H]2C[C@H](c3ccc(CO)cc3)O[C@H](c3cccc(-c4cccc(CNC(=O)CCCCC(=O)Nc5ccccc5N)c4)c3)O2)s1. The van der Waals surface area contributed by atoms with Crippen molar-refractivity contribution in [3.63, 3.8) is 0 Å². The van der Waals surface area contributed by atoms with Crippen molar-refractivity contribution in [3.8, 4) is 11.1 Å². The number of hydrogen-bond acceptors (Lipinski definition) is 10. The van der Waals surface area contributed by atoms with E-state index in [4.69, 9.17) is 15.2 Å². The summed E-state index contributed by atoms with van der Waals surface area (Å²) < 4.78 is 14.1. The molecule has 1 aliphatic rings. The van der Waals surface area contributed by atoms with E-state index < -0.39 is 6.29 Å². The highest BCUT2D eigenvalue weighted by Crippen LogP contribution is 2.40. The molecule has 5 aromatic rings. The van der Waals surface area contributed by atoms with Crippen LogP contribution < -0.4 is 16.4 Å². The Labute approximate surface area is 312 Å². The minimum absolute atomic E-state index is 0.00752. The fraction of sp³-hybridized carbons (Fsp3) is 0.300. The second kappa shape index (κ2) is 18.3. The van der Waals surface area contributed by atoms with Crippen LogP contribution in [-0.2, 0) is 32.2 Å². The molecule has 0 saturated carbocycles. The minimum Gasteiger partial charge on any atom is -0.397 e. The van der Waals surface area contributed by atoms with Crippen LogP contribution in [0.2, 0.25) is 0 Å². The molecule has 4 aromatic carbocycles. The minimum atomic E-state index is -0.581. The molecule has 12 heteroatoms. The van der Waals surface area contributed by atoms with Gasteiger partial charge in [0.1, 0.15) is 5.01 Å². The maximum atomic E-state index is 12.6. The Morgan fingerprint density at radius 2 is 1.62 bits per heavy atom. The average Bonchev–Trinajstić information content (AvgIpc) is 3.60. The van der Waals surface area contributed by atoms with Gasteiger partial charge in [-0.15, -0.1) is 10.2 Å². The molecule has 270 valence electrons. The second-order valence-corrected chi connectivity index (χ2v) is 15.1. The van der Waals surface area contributed by atoms with Gasteiger partial charge in [-0.3, -0.25) is 9.59 Å². The fourth-order valence-electron chi connectivity index (χ4n) is 5.93. The van der Waals surface area contributed by atoms with Gasteiger partial charge in [-0.25, -0.2) is 0 Å². The van der Waals surface area contributed by atoms with Gasteiger partial charge in [0.15, 0.2) is 10.6 Å². The summed E-state index contributed by atoms with van der Waals surface area (Å²) in [5, 5.41) is 24.7. The third-order valence-electron chi connectivity index (χ3n) is 8.72. The highest BCUT2D eigenvalue weighted by atomic mass is 32.2. The molecule has 1 fully saturated rings. The Balaban J connectivity index is 1.05. The van der Waals surface area contributed by atoms with Crippen molar-refractivity contribution < 1.29 is 24.2 Å². The lowest BCUT2D eigenvalue weighted by molar-refractivity contribution is -0.245. The first-order valence-corrected chi connectivity index (χ1v) is 19.2. The highest BCUT2D eigenvalue weighted by Gasteiger charge is 2.32. The number of aromatic nitrogens is 2. The van der Waals surface area contributed by atoms with E-state index in [1.807, 2.05) is 67.6 Å². The van der Waals surface area contributed by atoms with Crippen molar-refractivity contribution in [3.05, 3.63) is 124 Å². The lowest BCUT2D eigenvalue weighted by Gasteiger charge is -2.36. The number of aliphatic hydroxyl groups is 1. The number of anilines is 2. The first-order valence-electron chi connectivity index (χ1n) is 17.4. The van der Waals surface area contributed by atoms with Gasteiger partial charge < -0.3 is 30.9 Å². The molecular formula is C40H43N5O5S2. The van der Waals surface area contributed by atoms with Crippen molar-refractivity contribution >= 4 is 46.3 Å². The first-order chi connectivity index (χ1) is 25.3. The molecule has 2 heterocycles. The van der Waals surface area contributed by atoms with E-state index in [1.54, 1.807) is 35.2 Å². The van der Waals surface area contributed by atoms with Crippen LogP contribution in [0.1, 0.15) is 71.8 Å². The Bertz CT molecular complexity index is 1950. The first kappa shape index (κ1) is 37.2. The number of hydrogen-bond donors (Lipinski definition) is 4. The van der Waals surface area contributed by atoms with Crippen LogP contribution in [0.5, 0.6) is 0 Å². The maximum Gasteiger partial charge on any atom is 0.224 e. The molecule has 52 heavy (non-hydrogen) atoms. The summed E-state index contributed by atoms with van der Waals surface area (Å²) in [5.74, 6) is 0.542. The number of aryl methyl sites for hydroxylation is 1. The number of aliphatic hydroxyl groups excluding tert-OH is 1. The van der Waals surface area contributed by atoms with Crippen LogP contribution in [-0.4, -0.2) is 39.0 Å². The van der Waals surface area contributed by atoms with Gasteiger partial charge in [0.25, 0.3) is 0 Å². The molecule has 1 aromatic heterocycles. The fourth-order valence-corrected chi connectivity index (χ4v) is 7.79. The van der Waals surface area contributed by atoms with E-state index in [0.717, 1.165) is 42.7 Å². The molecule has 0 spiro atoms. The Hall–Kier alpha value is -4.59. The monoisotopic (exact) mass is 737 g/mol. The molecule has 1 aliphatic heterocycles. The lowest BCUT2D eigenvalue weighted by atomic mass is 9.99. The number of unbranched alkanes of at least 4 members (excludes halogenated alkanes) is 1. The topological polar surface area (TPSA) is 149 Å². The Kier molecular flexibility index (Phi) is 13.0. The summed E-state index contributed by atoms with van der Waals surface area (Å²) in [7, 11) is 0. The zero-order valence-electron chi connectivity index (χ0n) is 29.0. The summed E-state index contributed by atoms with van der Waals surface area (Å²) in [4.78, 5) is 24.9. The van der Waals surface area contributed by atoms with Gasteiger partial charge in [-0.1, -0.05) is 95.9 Å². The van der Waals surface area contributed by atoms with Gasteiger partial charge in [0.05, 0.1) is 30.2 Å². The average molecular weight is 738 g/mol. The van der Waals surface area contributed by atoms with E-state index >= 15 is 0 Å². The van der Waals surface area contributed by atoms with E-state index in [-0.39, 0.29) is 30.6 Å². The van der Waals surface area contributed by atoms with Crippen LogP contribution in [0.15, 0.2) is 101 Å². The van der Waals surface area contributed by atoms with Crippen molar-refractivity contribution in [1.29, 1.82) is 0 Å². The predicted octanol–water partition coefficient (Wildman–Crippen LogP) is 7.74. The summed E-state index contributed by atoms with van der Waals surface area (Å²) >= 11 is 3.22. The number of carbonyl (C=O) groups excluding carboxylic acids is 2. The van der Waals surface area contributed by atoms with E-state index in [9.17, 15) is 14.7 Å². The largest absolute Gasteiger partial charge is 0.397 e. The summed E-state index contributed by atoms with van der Waals surface area (Å²) in [6.45, 7) is 2.34. The lowest BCUT2D eigenvalue weighted by Crippen LogP contribution is -2.31. The quantitative estimate of drug-likeness (QED) is 0.0481. The van der Waals surface area contributed by atoms with Crippen LogP contribution in [0.4, 0.5) is 11.4 Å². The number of nitrogens with zero attached hydrogens (tertiary/aromatic N) is 2. The highest BCUT2D eigenvalue weighted by molar-refractivity contribution is 8.01. The predicted molar refractivity (Wildman–Crippen MR) is 205 cm³/mol. The van der Waals surface area contributed by atoms with Gasteiger partial charge in [-0.05, 0) is 71.8 Å². The summed E-state index contributed by atoms with van der Waals surface area (Å²) in [5.41, 5.74) is 12.8. The number of ether oxygens (including phenoxy) is 2. The molecule has 1 saturated heterocycles. The zero-order valence-corrected chi connectivity index (χ0v) is 30.6. The van der Waals surface area contributed by atoms with Gasteiger partial charge in [-0.2, -0.15) is 0 Å². The zero-order chi connectivity index (χ0) is 36.3. The van der Waals surface area contributed by atoms with Crippen LogP contribution in [0, 0.1) is 6.92 Å². The standard InChI is InChI=1S/C40H43N5O5S2/c1-26-44-45-40(52-26)51-25-33-22-36(29-18-16-27(24-46)17-19-29)50-39(49-33)32-11-7-10-31(21-32)30-9-6-8-28(20-30)23-42-37(47)14-4-5-15-38(48)43-35-13-3-2-12-34(35)41/h2-3,6-13,16-21,33,36,39,46H,4-5,14-15,22-25,41H2,1H3,(H,42,47)(H,43,48)/t33-,36+,39+/m0/s1. The van der Waals surface area contributed by atoms with Crippen molar-refractivity contribution in [2.45, 2.75) is 75.0 Å². The molecule has 3 atom stereocenters. The third kappa shape index (κ3) is 10.5. The number of benzene rings is 4. The van der Waals surface area contributed by atoms with Crippen molar-refractivity contribution in [2.24, 2.45) is 0 Å². The van der Waals surface area contributed by atoms with Crippen molar-refractivity contribution in [2.75, 3.05) is 16.8 Å². The number of thioether (sulfide) groups is 1. The number of nitrogens with two attached hydrogens (primary N) is 1. The summed E-state index contributed by atoms with van der Waals surface area (Å²) in [6.07, 6.45) is 1.71. The number of rotatable bonds is 15. The molecule has 6 rings (SSSR count). The Morgan fingerprint density at radius 3 is 2.37 bits per heavy atom. The molecule has 0 bridgehead atoms. The van der Waals surface area contributed by atoms with Gasteiger partial charge >= 0.3 is 0 Å². The van der Waals surface area contributed by atoms with Crippen LogP contribution in [0.25, 0.3) is 11.1 Å². The molecule has 5 N–H and O–H groups in total. The van der Waals surface area contributed by atoms with Crippen LogP contribution >= 0.6 is 23.1 Å². The number of carbonyl (C=O) groups is 2. The maximum absolute atomic E-state index is 12.6. The Morgan fingerprint density at radius 1 is 0.865 bits per heavy atom. The smallest absolute Gasteiger partial charge is 0.224 e. The second-order valence-electron chi connectivity index (χ2n) is 12.7. The van der Waals surface area contributed by atoms with Gasteiger partial charge in [0, 0.05) is 37.1 Å². The molecule has 0 aliphatic carbocycles. The molecular weight excluding hydrogens is 695 g/mol. The number of amides is 2. The van der Waals surface area contributed by atoms with E-state index in [1.165, 1.54) is 0 Å². The van der Waals surface area contributed by atoms with E-state index in [2.05, 4.69) is 45.1 Å². The third-order valence-corrected chi connectivity index (χ3v) is 10.8. The van der Waals surface area contributed by atoms with E-state index in [0.29, 0.717) is 55.8 Å². The number of nitrogen functional groups attached to an aromatic ring is 1.